The van der Waals surface area contributed by atoms with Crippen molar-refractivity contribution in [3.05, 3.63) is 42.5 Å². The fourth-order valence-corrected chi connectivity index (χ4v) is 3.08. The van der Waals surface area contributed by atoms with E-state index >= 15 is 0 Å². The van der Waals surface area contributed by atoms with Crippen LogP contribution in [0.25, 0.3) is 0 Å². The number of aromatic nitrogens is 3. The molecule has 23 heavy (non-hydrogen) atoms. The number of carbonyl (C=O) groups excluding carboxylic acids is 1. The van der Waals surface area contributed by atoms with Crippen molar-refractivity contribution in [3.63, 3.8) is 0 Å². The summed E-state index contributed by atoms with van der Waals surface area (Å²) in [5.41, 5.74) is 2.31. The lowest BCUT2D eigenvalue weighted by atomic mass is 9.86. The van der Waals surface area contributed by atoms with Crippen molar-refractivity contribution in [3.8, 4) is 0 Å². The number of carbonyl (C=O) groups is 1. The maximum absolute atomic E-state index is 11.5. The fourth-order valence-electron chi connectivity index (χ4n) is 3.08. The molecule has 6 nitrogen and oxygen atoms in total. The summed E-state index contributed by atoms with van der Waals surface area (Å²) in [4.78, 5) is 15.5. The van der Waals surface area contributed by atoms with Gasteiger partial charge in [-0.05, 0) is 43.4 Å². The standard InChI is InChI=1S/C17H22N4O2/c1-23-17(22)14-4-8-16(9-5-14)20-15-6-2-13(3-7-15)10-21-12-18-11-19-21/h2-3,6-7,11-12,14,16,20H,4-5,8-10H2,1H3. The number of esters is 1. The number of nitrogens with one attached hydrogen (secondary N) is 1. The molecule has 122 valence electrons. The molecule has 0 radical (unpaired) electrons. The first-order valence-electron chi connectivity index (χ1n) is 8.00. The summed E-state index contributed by atoms with van der Waals surface area (Å²) in [6.45, 7) is 0.727. The molecule has 3 rings (SSSR count). The molecule has 0 spiro atoms. The Labute approximate surface area is 135 Å². The summed E-state index contributed by atoms with van der Waals surface area (Å²) in [7, 11) is 1.47. The van der Waals surface area contributed by atoms with Gasteiger partial charge in [0.25, 0.3) is 0 Å². The highest BCUT2D eigenvalue weighted by Gasteiger charge is 2.26. The van der Waals surface area contributed by atoms with Crippen LogP contribution < -0.4 is 5.32 Å². The minimum atomic E-state index is -0.0686. The number of hydrogen-bond acceptors (Lipinski definition) is 5. The summed E-state index contributed by atoms with van der Waals surface area (Å²) in [6, 6.07) is 8.82. The van der Waals surface area contributed by atoms with Crippen molar-refractivity contribution >= 4 is 11.7 Å². The number of rotatable bonds is 5. The third-order valence-corrected chi connectivity index (χ3v) is 4.40. The van der Waals surface area contributed by atoms with Crippen molar-refractivity contribution in [2.24, 2.45) is 5.92 Å². The van der Waals surface area contributed by atoms with Crippen LogP contribution in [0.2, 0.25) is 0 Å². The zero-order chi connectivity index (χ0) is 16.1. The zero-order valence-electron chi connectivity index (χ0n) is 13.3. The Balaban J connectivity index is 1.50. The number of ether oxygens (including phenoxy) is 1. The maximum atomic E-state index is 11.5. The highest BCUT2D eigenvalue weighted by Crippen LogP contribution is 2.27. The lowest BCUT2D eigenvalue weighted by Gasteiger charge is -2.28. The molecule has 0 saturated heterocycles. The van der Waals surface area contributed by atoms with Gasteiger partial charge in [0.1, 0.15) is 12.7 Å². The van der Waals surface area contributed by atoms with Gasteiger partial charge in [0.05, 0.1) is 19.6 Å². The highest BCUT2D eigenvalue weighted by molar-refractivity contribution is 5.72. The van der Waals surface area contributed by atoms with Crippen LogP contribution in [0.4, 0.5) is 5.69 Å². The van der Waals surface area contributed by atoms with Gasteiger partial charge in [-0.3, -0.25) is 4.79 Å². The summed E-state index contributed by atoms with van der Waals surface area (Å²) in [5.74, 6) is 0.00372. The third kappa shape index (κ3) is 4.09. The Kier molecular flexibility index (Phi) is 4.90. The van der Waals surface area contributed by atoms with Crippen LogP contribution in [0.15, 0.2) is 36.9 Å². The van der Waals surface area contributed by atoms with E-state index in [1.165, 1.54) is 12.7 Å². The van der Waals surface area contributed by atoms with Crippen LogP contribution in [-0.4, -0.2) is 33.9 Å². The van der Waals surface area contributed by atoms with Crippen molar-refractivity contribution in [1.29, 1.82) is 0 Å². The predicted octanol–water partition coefficient (Wildman–Crippen LogP) is 2.47. The van der Waals surface area contributed by atoms with Crippen LogP contribution in [0.3, 0.4) is 0 Å². The number of benzene rings is 1. The molecule has 0 aliphatic heterocycles. The summed E-state index contributed by atoms with van der Waals surface area (Å²) >= 11 is 0. The Morgan fingerprint density at radius 1 is 1.26 bits per heavy atom. The van der Waals surface area contributed by atoms with E-state index in [-0.39, 0.29) is 11.9 Å². The van der Waals surface area contributed by atoms with Gasteiger partial charge in [0, 0.05) is 11.7 Å². The van der Waals surface area contributed by atoms with Crippen molar-refractivity contribution in [2.45, 2.75) is 38.3 Å². The molecule has 1 aliphatic rings. The van der Waals surface area contributed by atoms with Gasteiger partial charge in [0.2, 0.25) is 0 Å². The second kappa shape index (κ2) is 7.26. The van der Waals surface area contributed by atoms with Crippen LogP contribution >= 0.6 is 0 Å². The molecule has 1 N–H and O–H groups in total. The van der Waals surface area contributed by atoms with Gasteiger partial charge >= 0.3 is 5.97 Å². The van der Waals surface area contributed by atoms with Crippen molar-refractivity contribution in [2.75, 3.05) is 12.4 Å². The first-order valence-corrected chi connectivity index (χ1v) is 8.00. The molecule has 1 heterocycles. The topological polar surface area (TPSA) is 69.0 Å². The number of anilines is 1. The van der Waals surface area contributed by atoms with Gasteiger partial charge in [-0.2, -0.15) is 5.10 Å². The molecule has 0 unspecified atom stereocenters. The largest absolute Gasteiger partial charge is 0.469 e. The summed E-state index contributed by atoms with van der Waals surface area (Å²) in [5, 5.41) is 7.67. The minimum absolute atomic E-state index is 0.0686. The molecule has 1 aromatic carbocycles. The molecule has 6 heteroatoms. The van der Waals surface area contributed by atoms with Crippen LogP contribution in [0.5, 0.6) is 0 Å². The van der Waals surface area contributed by atoms with Crippen molar-refractivity contribution in [1.82, 2.24) is 14.8 Å². The van der Waals surface area contributed by atoms with Crippen LogP contribution in [0, 0.1) is 5.92 Å². The van der Waals surface area contributed by atoms with Crippen molar-refractivity contribution < 1.29 is 9.53 Å². The van der Waals surface area contributed by atoms with Crippen LogP contribution in [0.1, 0.15) is 31.2 Å². The first kappa shape index (κ1) is 15.5. The number of hydrogen-bond donors (Lipinski definition) is 1. The molecule has 0 bridgehead atoms. The lowest BCUT2D eigenvalue weighted by molar-refractivity contribution is -0.146. The number of methoxy groups -OCH3 is 1. The maximum Gasteiger partial charge on any atom is 0.308 e. The Morgan fingerprint density at radius 3 is 2.61 bits per heavy atom. The Bertz CT molecular complexity index is 617. The zero-order valence-corrected chi connectivity index (χ0v) is 13.3. The van der Waals surface area contributed by atoms with Gasteiger partial charge in [-0.1, -0.05) is 12.1 Å². The van der Waals surface area contributed by atoms with E-state index in [0.29, 0.717) is 6.04 Å². The summed E-state index contributed by atoms with van der Waals surface area (Å²) < 4.78 is 6.63. The van der Waals surface area contributed by atoms with Gasteiger partial charge < -0.3 is 10.1 Å². The molecule has 0 amide bonds. The second-order valence-corrected chi connectivity index (χ2v) is 6.01. The molecule has 2 aromatic rings. The Hall–Kier alpha value is -2.37. The lowest BCUT2D eigenvalue weighted by Crippen LogP contribution is -2.29. The Morgan fingerprint density at radius 2 is 2.00 bits per heavy atom. The number of nitrogens with zero attached hydrogens (tertiary/aromatic N) is 3. The van der Waals surface area contributed by atoms with Gasteiger partial charge in [0.15, 0.2) is 0 Å². The van der Waals surface area contributed by atoms with E-state index in [2.05, 4.69) is 39.7 Å². The van der Waals surface area contributed by atoms with E-state index < -0.39 is 0 Å². The average molecular weight is 314 g/mol. The molecule has 0 atom stereocenters. The highest BCUT2D eigenvalue weighted by atomic mass is 16.5. The SMILES string of the molecule is COC(=O)C1CCC(Nc2ccc(Cn3cncn3)cc2)CC1. The van der Waals surface area contributed by atoms with E-state index in [1.54, 1.807) is 17.3 Å². The van der Waals surface area contributed by atoms with E-state index in [4.69, 9.17) is 4.74 Å². The average Bonchev–Trinajstić information content (AvgIpc) is 3.10. The quantitative estimate of drug-likeness (QED) is 0.859. The van der Waals surface area contributed by atoms with E-state index in [9.17, 15) is 4.79 Å². The predicted molar refractivity (Wildman–Crippen MR) is 87.0 cm³/mol. The van der Waals surface area contributed by atoms with Crippen LogP contribution in [-0.2, 0) is 16.1 Å². The minimum Gasteiger partial charge on any atom is -0.469 e. The normalized spacial score (nSPS) is 20.9. The monoisotopic (exact) mass is 314 g/mol. The molecule has 1 fully saturated rings. The fraction of sp³-hybridized carbons (Fsp3) is 0.471. The first-order chi connectivity index (χ1) is 11.2. The molecule has 1 saturated carbocycles. The molecular weight excluding hydrogens is 292 g/mol. The summed E-state index contributed by atoms with van der Waals surface area (Å²) in [6.07, 6.45) is 7.05. The second-order valence-electron chi connectivity index (χ2n) is 6.01. The van der Waals surface area contributed by atoms with Gasteiger partial charge in [-0.25, -0.2) is 9.67 Å². The third-order valence-electron chi connectivity index (χ3n) is 4.40. The molecular formula is C17H22N4O2. The van der Waals surface area contributed by atoms with Gasteiger partial charge in [-0.15, -0.1) is 0 Å². The molecule has 1 aromatic heterocycles. The molecule has 1 aliphatic carbocycles. The van der Waals surface area contributed by atoms with E-state index in [1.807, 2.05) is 0 Å². The smallest absolute Gasteiger partial charge is 0.308 e. The van der Waals surface area contributed by atoms with E-state index in [0.717, 1.165) is 37.9 Å².